The van der Waals surface area contributed by atoms with Crippen LogP contribution in [0.5, 0.6) is 0 Å². The quantitative estimate of drug-likeness (QED) is 0.361. The van der Waals surface area contributed by atoms with Crippen molar-refractivity contribution in [3.8, 4) is 0 Å². The molecule has 11 heteroatoms. The SMILES string of the molecule is Cc1cccc(C)c1N1C/C=C\CCC(=O)N(C)[C@@H](C)[C@H](c2ccccc2)OC(=O)[C@H]2[C@@H]3O[C@@]4(C=C3Br)[C@@H]2C(=O)N(CCCO)[C@@H]4C1=O. The van der Waals surface area contributed by atoms with Crippen molar-refractivity contribution in [2.75, 3.05) is 31.6 Å². The number of likely N-dealkylation sites (tertiary alicyclic amines) is 1. The smallest absolute Gasteiger partial charge is 0.313 e. The van der Waals surface area contributed by atoms with Gasteiger partial charge in [0.2, 0.25) is 11.8 Å². The van der Waals surface area contributed by atoms with Crippen LogP contribution in [0.1, 0.15) is 49.0 Å². The Labute approximate surface area is 289 Å². The van der Waals surface area contributed by atoms with Crippen molar-refractivity contribution in [1.82, 2.24) is 9.80 Å². The van der Waals surface area contributed by atoms with Crippen molar-refractivity contribution >= 4 is 45.3 Å². The number of likely N-dealkylation sites (N-methyl/N-ethyl adjacent to an activating group) is 1. The number of hydrogen-bond acceptors (Lipinski definition) is 7. The summed E-state index contributed by atoms with van der Waals surface area (Å²) < 4.78 is 13.5. The van der Waals surface area contributed by atoms with Crippen molar-refractivity contribution < 1.29 is 33.8 Å². The second-order valence-electron chi connectivity index (χ2n) is 13.1. The van der Waals surface area contributed by atoms with Crippen LogP contribution in [0.25, 0.3) is 0 Å². The lowest BCUT2D eigenvalue weighted by molar-refractivity contribution is -0.164. The molecular weight excluding hydrogens is 678 g/mol. The van der Waals surface area contributed by atoms with Gasteiger partial charge in [0.05, 0.1) is 12.0 Å². The lowest BCUT2D eigenvalue weighted by Gasteiger charge is -2.36. The first-order valence-electron chi connectivity index (χ1n) is 16.5. The van der Waals surface area contributed by atoms with E-state index in [4.69, 9.17) is 9.47 Å². The van der Waals surface area contributed by atoms with E-state index in [1.807, 2.05) is 81.5 Å². The average molecular weight is 721 g/mol. The molecule has 2 aromatic carbocycles. The molecule has 6 rings (SSSR count). The molecule has 2 saturated heterocycles. The van der Waals surface area contributed by atoms with Crippen molar-refractivity contribution in [2.45, 2.75) is 69.9 Å². The topological polar surface area (TPSA) is 117 Å². The van der Waals surface area contributed by atoms with Crippen LogP contribution >= 0.6 is 15.9 Å². The van der Waals surface area contributed by atoms with E-state index in [-0.39, 0.29) is 44.4 Å². The molecule has 10 nitrogen and oxygen atoms in total. The van der Waals surface area contributed by atoms with Gasteiger partial charge in [-0.25, -0.2) is 0 Å². The molecule has 0 aliphatic carbocycles. The van der Waals surface area contributed by atoms with Crippen LogP contribution in [-0.4, -0.2) is 89.1 Å². The van der Waals surface area contributed by atoms with Crippen LogP contribution in [0, 0.1) is 25.7 Å². The van der Waals surface area contributed by atoms with Gasteiger partial charge in [-0.1, -0.05) is 76.6 Å². The van der Waals surface area contributed by atoms with Gasteiger partial charge in [0.25, 0.3) is 5.91 Å². The second-order valence-corrected chi connectivity index (χ2v) is 14.1. The molecule has 7 atom stereocenters. The molecule has 4 aliphatic heterocycles. The minimum Gasteiger partial charge on any atom is -0.455 e. The number of esters is 1. The number of hydrogen-bond donors (Lipinski definition) is 1. The fourth-order valence-electron chi connectivity index (χ4n) is 7.82. The minimum absolute atomic E-state index is 0.109. The predicted octanol–water partition coefficient (Wildman–Crippen LogP) is 4.37. The zero-order valence-electron chi connectivity index (χ0n) is 27.7. The number of fused-ring (bicyclic) bond motifs is 2. The highest BCUT2D eigenvalue weighted by Crippen LogP contribution is 2.59. The number of para-hydroxylation sites is 1. The monoisotopic (exact) mass is 719 g/mol. The molecule has 2 fully saturated rings. The zero-order valence-corrected chi connectivity index (χ0v) is 29.3. The predicted molar refractivity (Wildman–Crippen MR) is 183 cm³/mol. The first-order chi connectivity index (χ1) is 23.0. The molecule has 4 heterocycles. The summed E-state index contributed by atoms with van der Waals surface area (Å²) in [6.45, 7) is 5.84. The maximum Gasteiger partial charge on any atom is 0.313 e. The Bertz CT molecular complexity index is 1640. The lowest BCUT2D eigenvalue weighted by atomic mass is 9.74. The average Bonchev–Trinajstić information content (AvgIpc) is 3.66. The standard InChI is InChI=1S/C37H42BrN3O7/c1-22-13-11-14-23(2)30(22)40-18-10-6-9-17-27(43)39(4)24(3)31(25-15-7-5-8-16-25)47-36(46)28-29-34(44)41(19-12-20-42)33(35(40)45)37(29)21-26(38)32(28)48-37/h5-8,10-11,13-16,21,24,28-29,31-33,42H,9,12,17-20H2,1-4H3/b10-6-/t24-,28+,29-,31+,32+,33+,37-/m0/s1. The Morgan fingerprint density at radius 2 is 1.67 bits per heavy atom. The number of cyclic esters (lactones) is 1. The van der Waals surface area contributed by atoms with E-state index in [2.05, 4.69) is 15.9 Å². The third-order valence-electron chi connectivity index (χ3n) is 10.3. The van der Waals surface area contributed by atoms with Crippen LogP contribution in [0.4, 0.5) is 5.69 Å². The molecule has 0 saturated carbocycles. The molecule has 4 aliphatic rings. The number of aryl methyl sites for hydroxylation is 2. The van der Waals surface area contributed by atoms with E-state index in [0.29, 0.717) is 16.5 Å². The highest BCUT2D eigenvalue weighted by molar-refractivity contribution is 9.11. The van der Waals surface area contributed by atoms with E-state index in [1.165, 1.54) is 4.90 Å². The summed E-state index contributed by atoms with van der Waals surface area (Å²) in [4.78, 5) is 62.1. The van der Waals surface area contributed by atoms with Gasteiger partial charge in [-0.3, -0.25) is 19.2 Å². The van der Waals surface area contributed by atoms with Crippen molar-refractivity contribution in [2.24, 2.45) is 11.8 Å². The number of aliphatic hydroxyl groups excluding tert-OH is 1. The van der Waals surface area contributed by atoms with Crippen LogP contribution in [0.3, 0.4) is 0 Å². The first kappa shape index (κ1) is 34.1. The van der Waals surface area contributed by atoms with Crippen LogP contribution in [0.15, 0.2) is 71.2 Å². The second kappa shape index (κ2) is 13.6. The summed E-state index contributed by atoms with van der Waals surface area (Å²) in [5.74, 6) is -3.57. The molecule has 48 heavy (non-hydrogen) atoms. The number of aliphatic hydroxyl groups is 1. The Kier molecular flexibility index (Phi) is 9.66. The van der Waals surface area contributed by atoms with Gasteiger partial charge in [0, 0.05) is 43.3 Å². The number of carbonyl (C=O) groups is 4. The number of nitrogens with zero attached hydrogens (tertiary/aromatic N) is 3. The Hall–Kier alpha value is -3.80. The molecule has 1 spiro atoms. The lowest BCUT2D eigenvalue weighted by Crippen LogP contribution is -2.56. The van der Waals surface area contributed by atoms with Gasteiger partial charge in [-0.15, -0.1) is 0 Å². The molecule has 5 bridgehead atoms. The number of rotatable bonds is 5. The summed E-state index contributed by atoms with van der Waals surface area (Å²) in [5, 5.41) is 9.79. The number of halogens is 1. The Morgan fingerprint density at radius 3 is 2.35 bits per heavy atom. The third-order valence-corrected chi connectivity index (χ3v) is 10.9. The molecule has 1 N–H and O–H groups in total. The zero-order chi connectivity index (χ0) is 34.3. The molecule has 2 aromatic rings. The van der Waals surface area contributed by atoms with Gasteiger partial charge in [0.1, 0.15) is 29.8 Å². The van der Waals surface area contributed by atoms with Gasteiger partial charge < -0.3 is 29.3 Å². The summed E-state index contributed by atoms with van der Waals surface area (Å²) in [6.07, 6.45) is 4.82. The van der Waals surface area contributed by atoms with Crippen molar-refractivity contribution in [3.05, 3.63) is 87.9 Å². The highest BCUT2D eigenvalue weighted by atomic mass is 79.9. The normalized spacial score (nSPS) is 31.6. The maximum atomic E-state index is 15.0. The van der Waals surface area contributed by atoms with E-state index >= 15 is 4.79 Å². The first-order valence-corrected chi connectivity index (χ1v) is 17.3. The third kappa shape index (κ3) is 5.69. The summed E-state index contributed by atoms with van der Waals surface area (Å²) in [6, 6.07) is 13.4. The maximum absolute atomic E-state index is 15.0. The Morgan fingerprint density at radius 1 is 0.958 bits per heavy atom. The summed E-state index contributed by atoms with van der Waals surface area (Å²) >= 11 is 3.61. The van der Waals surface area contributed by atoms with Gasteiger partial charge in [0.15, 0.2) is 0 Å². The number of benzene rings is 2. The molecule has 0 radical (unpaired) electrons. The molecular formula is C37H42BrN3O7. The van der Waals surface area contributed by atoms with Crippen LogP contribution < -0.4 is 4.90 Å². The fraction of sp³-hybridized carbons (Fsp3) is 0.459. The number of anilines is 1. The molecule has 254 valence electrons. The van der Waals surface area contributed by atoms with E-state index in [0.717, 1.165) is 16.8 Å². The van der Waals surface area contributed by atoms with Crippen LogP contribution in [-0.2, 0) is 28.7 Å². The van der Waals surface area contributed by atoms with Crippen molar-refractivity contribution in [1.29, 1.82) is 0 Å². The minimum atomic E-state index is -1.44. The van der Waals surface area contributed by atoms with E-state index in [9.17, 15) is 19.5 Å². The van der Waals surface area contributed by atoms with Crippen molar-refractivity contribution in [3.63, 3.8) is 0 Å². The molecule has 0 aromatic heterocycles. The van der Waals surface area contributed by atoms with E-state index in [1.54, 1.807) is 22.9 Å². The van der Waals surface area contributed by atoms with E-state index < -0.39 is 53.6 Å². The number of carbonyl (C=O) groups excluding carboxylic acids is 4. The van der Waals surface area contributed by atoms with Gasteiger partial charge in [-0.2, -0.15) is 0 Å². The fourth-order valence-corrected chi connectivity index (χ4v) is 8.56. The highest BCUT2D eigenvalue weighted by Gasteiger charge is 2.75. The van der Waals surface area contributed by atoms with Crippen LogP contribution in [0.2, 0.25) is 0 Å². The van der Waals surface area contributed by atoms with Gasteiger partial charge >= 0.3 is 5.97 Å². The number of allylic oxidation sites excluding steroid dienone is 1. The molecule has 3 amide bonds. The number of ether oxygens (including phenoxy) is 2. The largest absolute Gasteiger partial charge is 0.455 e. The number of amides is 3. The summed E-state index contributed by atoms with van der Waals surface area (Å²) in [5.41, 5.74) is 1.76. The molecule has 0 unspecified atom stereocenters. The van der Waals surface area contributed by atoms with Gasteiger partial charge in [-0.05, 0) is 56.4 Å². The Balaban J connectivity index is 1.50. The summed E-state index contributed by atoms with van der Waals surface area (Å²) in [7, 11) is 1.70.